The third kappa shape index (κ3) is 10.6. The van der Waals surface area contributed by atoms with Gasteiger partial charge < -0.3 is 34.2 Å². The Balaban J connectivity index is 2.06. The molecule has 0 saturated carbocycles. The van der Waals surface area contributed by atoms with Crippen molar-refractivity contribution in [3.63, 3.8) is 0 Å². The van der Waals surface area contributed by atoms with Gasteiger partial charge >= 0.3 is 24.2 Å². The topological polar surface area (TPSA) is 150 Å². The van der Waals surface area contributed by atoms with E-state index in [1.54, 1.807) is 77.9 Å². The molecule has 11 heteroatoms. The highest BCUT2D eigenvalue weighted by molar-refractivity contribution is 5.89. The standard InChI is InChI=1S/C28H35NO10/c1-16(2)34-27(32)38-23-13-12-20(15-24(23)39-28(33)35-17(3)4)14-22(29)26(31)37-19(6)18(5)36-25(30)21-10-8-7-9-11-21/h7-13,15-19,22H,14,29H2,1-6H3/t18-,19+,22+/m1/s1. The first-order valence-corrected chi connectivity index (χ1v) is 12.5. The highest BCUT2D eigenvalue weighted by Crippen LogP contribution is 2.30. The number of hydrogen-bond donors (Lipinski definition) is 1. The predicted octanol–water partition coefficient (Wildman–Crippen LogP) is 4.58. The average Bonchev–Trinajstić information content (AvgIpc) is 2.84. The number of hydrogen-bond acceptors (Lipinski definition) is 11. The number of ether oxygens (including phenoxy) is 6. The molecule has 0 saturated heterocycles. The largest absolute Gasteiger partial charge is 0.514 e. The summed E-state index contributed by atoms with van der Waals surface area (Å²) in [4.78, 5) is 49.0. The lowest BCUT2D eigenvalue weighted by atomic mass is 10.1. The maximum Gasteiger partial charge on any atom is 0.514 e. The van der Waals surface area contributed by atoms with Crippen molar-refractivity contribution in [1.29, 1.82) is 0 Å². The summed E-state index contributed by atoms with van der Waals surface area (Å²) in [7, 11) is 0. The van der Waals surface area contributed by atoms with E-state index in [4.69, 9.17) is 34.2 Å². The van der Waals surface area contributed by atoms with Crippen LogP contribution >= 0.6 is 0 Å². The molecule has 39 heavy (non-hydrogen) atoms. The van der Waals surface area contributed by atoms with Gasteiger partial charge in [-0.15, -0.1) is 0 Å². The lowest BCUT2D eigenvalue weighted by Gasteiger charge is -2.22. The van der Waals surface area contributed by atoms with Crippen molar-refractivity contribution in [2.75, 3.05) is 0 Å². The smallest absolute Gasteiger partial charge is 0.458 e. The molecule has 0 bridgehead atoms. The molecule has 2 aromatic carbocycles. The van der Waals surface area contributed by atoms with Gasteiger partial charge in [-0.2, -0.15) is 0 Å². The number of nitrogens with two attached hydrogens (primary N) is 1. The minimum Gasteiger partial charge on any atom is -0.458 e. The van der Waals surface area contributed by atoms with Gasteiger partial charge in [-0.1, -0.05) is 24.3 Å². The fourth-order valence-electron chi connectivity index (χ4n) is 3.07. The molecule has 11 nitrogen and oxygen atoms in total. The van der Waals surface area contributed by atoms with Crippen LogP contribution in [0.3, 0.4) is 0 Å². The summed E-state index contributed by atoms with van der Waals surface area (Å²) >= 11 is 0. The molecule has 0 radical (unpaired) electrons. The number of carbonyl (C=O) groups is 4. The van der Waals surface area contributed by atoms with Crippen molar-refractivity contribution in [2.24, 2.45) is 5.73 Å². The van der Waals surface area contributed by atoms with Crippen LogP contribution < -0.4 is 15.2 Å². The van der Waals surface area contributed by atoms with Crippen molar-refractivity contribution in [1.82, 2.24) is 0 Å². The molecule has 2 N–H and O–H groups in total. The molecule has 2 aromatic rings. The predicted molar refractivity (Wildman–Crippen MR) is 139 cm³/mol. The van der Waals surface area contributed by atoms with Gasteiger partial charge in [0, 0.05) is 0 Å². The SMILES string of the molecule is CC(C)OC(=O)Oc1ccc(C[C@H](N)C(=O)O[C@@H](C)[C@@H](C)OC(=O)c2ccccc2)cc1OC(=O)OC(C)C. The van der Waals surface area contributed by atoms with E-state index in [2.05, 4.69) is 0 Å². The Labute approximate surface area is 227 Å². The molecular weight excluding hydrogens is 510 g/mol. The second kappa shape index (κ2) is 14.7. The Morgan fingerprint density at radius 3 is 1.79 bits per heavy atom. The van der Waals surface area contributed by atoms with Gasteiger partial charge in [-0.25, -0.2) is 14.4 Å². The van der Waals surface area contributed by atoms with Crippen molar-refractivity contribution in [3.05, 3.63) is 59.7 Å². The quantitative estimate of drug-likeness (QED) is 0.240. The molecule has 212 valence electrons. The third-order valence-corrected chi connectivity index (χ3v) is 5.08. The number of rotatable bonds is 11. The third-order valence-electron chi connectivity index (χ3n) is 5.08. The summed E-state index contributed by atoms with van der Waals surface area (Å²) in [5.41, 5.74) is 6.91. The Morgan fingerprint density at radius 2 is 1.23 bits per heavy atom. The lowest BCUT2D eigenvalue weighted by molar-refractivity contribution is -0.154. The van der Waals surface area contributed by atoms with Gasteiger partial charge in [0.2, 0.25) is 0 Å². The van der Waals surface area contributed by atoms with E-state index < -0.39 is 54.7 Å². The summed E-state index contributed by atoms with van der Waals surface area (Å²) in [6.07, 6.45) is -4.39. The van der Waals surface area contributed by atoms with Crippen LogP contribution in [0.2, 0.25) is 0 Å². The van der Waals surface area contributed by atoms with Crippen molar-refractivity contribution < 1.29 is 47.6 Å². The molecule has 0 aliphatic heterocycles. The number of carbonyl (C=O) groups excluding carboxylic acids is 4. The van der Waals surface area contributed by atoms with Crippen LogP contribution in [0, 0.1) is 0 Å². The first-order valence-electron chi connectivity index (χ1n) is 12.5. The fraction of sp³-hybridized carbons (Fsp3) is 0.429. The molecule has 0 aromatic heterocycles. The molecule has 0 fully saturated rings. The zero-order valence-electron chi connectivity index (χ0n) is 22.9. The van der Waals surface area contributed by atoms with Crippen molar-refractivity contribution in [2.45, 2.75) is 78.4 Å². The molecular formula is C28H35NO10. The van der Waals surface area contributed by atoms with E-state index >= 15 is 0 Å². The highest BCUT2D eigenvalue weighted by Gasteiger charge is 2.25. The zero-order chi connectivity index (χ0) is 29.1. The average molecular weight is 546 g/mol. The van der Waals surface area contributed by atoms with Gasteiger partial charge in [0.05, 0.1) is 17.8 Å². The molecule has 0 spiro atoms. The first kappa shape index (κ1) is 31.1. The van der Waals surface area contributed by atoms with Crippen LogP contribution in [0.15, 0.2) is 48.5 Å². The van der Waals surface area contributed by atoms with Crippen LogP contribution in [-0.2, 0) is 30.2 Å². The molecule has 0 amide bonds. The Kier molecular flexibility index (Phi) is 11.7. The first-order chi connectivity index (χ1) is 18.3. The molecule has 2 rings (SSSR count). The minimum absolute atomic E-state index is 0.00392. The van der Waals surface area contributed by atoms with Crippen LogP contribution in [0.1, 0.15) is 57.5 Å². The Morgan fingerprint density at radius 1 is 0.692 bits per heavy atom. The molecule has 0 aliphatic carbocycles. The van der Waals surface area contributed by atoms with E-state index in [0.29, 0.717) is 11.1 Å². The molecule has 3 atom stereocenters. The maximum absolute atomic E-state index is 12.6. The highest BCUT2D eigenvalue weighted by atomic mass is 16.7. The van der Waals surface area contributed by atoms with E-state index in [0.717, 1.165) is 0 Å². The summed E-state index contributed by atoms with van der Waals surface area (Å²) in [5, 5.41) is 0. The van der Waals surface area contributed by atoms with Gasteiger partial charge in [-0.3, -0.25) is 4.79 Å². The number of esters is 2. The molecule has 0 heterocycles. The van der Waals surface area contributed by atoms with Gasteiger partial charge in [0.1, 0.15) is 18.2 Å². The van der Waals surface area contributed by atoms with E-state index in [-0.39, 0.29) is 17.9 Å². The second-order valence-electron chi connectivity index (χ2n) is 9.25. The summed E-state index contributed by atoms with van der Waals surface area (Å²) in [6.45, 7) is 9.78. The minimum atomic E-state index is -1.10. The summed E-state index contributed by atoms with van der Waals surface area (Å²) in [6, 6.07) is 11.6. The molecule has 0 aliphatic rings. The lowest BCUT2D eigenvalue weighted by Crippen LogP contribution is -2.39. The van der Waals surface area contributed by atoms with Crippen LogP contribution in [-0.4, -0.2) is 54.7 Å². The Hall–Kier alpha value is -4.12. The number of benzene rings is 2. The maximum atomic E-state index is 12.6. The van der Waals surface area contributed by atoms with Gasteiger partial charge in [0.15, 0.2) is 11.5 Å². The summed E-state index contributed by atoms with van der Waals surface area (Å²) in [5.74, 6) is -1.50. The van der Waals surface area contributed by atoms with Gasteiger partial charge in [0.25, 0.3) is 0 Å². The normalized spacial score (nSPS) is 13.2. The van der Waals surface area contributed by atoms with E-state index in [9.17, 15) is 19.2 Å². The van der Waals surface area contributed by atoms with Crippen molar-refractivity contribution in [3.8, 4) is 11.5 Å². The van der Waals surface area contributed by atoms with Crippen molar-refractivity contribution >= 4 is 24.2 Å². The van der Waals surface area contributed by atoms with Gasteiger partial charge in [-0.05, 0) is 77.8 Å². The second-order valence-corrected chi connectivity index (χ2v) is 9.25. The Bertz CT molecular complexity index is 1130. The van der Waals surface area contributed by atoms with Crippen LogP contribution in [0.25, 0.3) is 0 Å². The van der Waals surface area contributed by atoms with Crippen LogP contribution in [0.4, 0.5) is 9.59 Å². The fourth-order valence-corrected chi connectivity index (χ4v) is 3.07. The molecule has 0 unspecified atom stereocenters. The van der Waals surface area contributed by atoms with E-state index in [1.165, 1.54) is 12.1 Å². The van der Waals surface area contributed by atoms with E-state index in [1.807, 2.05) is 0 Å². The zero-order valence-corrected chi connectivity index (χ0v) is 22.9. The van der Waals surface area contributed by atoms with Crippen LogP contribution in [0.5, 0.6) is 11.5 Å². The summed E-state index contributed by atoms with van der Waals surface area (Å²) < 4.78 is 31.1. The monoisotopic (exact) mass is 545 g/mol.